The van der Waals surface area contributed by atoms with Crippen LogP contribution < -0.4 is 5.32 Å². The van der Waals surface area contributed by atoms with Crippen LogP contribution in [0.15, 0.2) is 126 Å². The predicted octanol–water partition coefficient (Wildman–Crippen LogP) is 10.5. The molecule has 2 aliphatic rings. The van der Waals surface area contributed by atoms with Crippen LogP contribution in [-0.4, -0.2) is 87.9 Å². The van der Waals surface area contributed by atoms with Crippen molar-refractivity contribution >= 4 is 40.5 Å². The second-order valence-electron chi connectivity index (χ2n) is 13.2. The maximum absolute atomic E-state index is 11.7. The average molecular weight is 846 g/mol. The summed E-state index contributed by atoms with van der Waals surface area (Å²) >= 11 is 9.53. The fourth-order valence-corrected chi connectivity index (χ4v) is 6.15. The average Bonchev–Trinajstić information content (AvgIpc) is 3.85. The quantitative estimate of drug-likeness (QED) is 0.0994. The van der Waals surface area contributed by atoms with E-state index in [1.807, 2.05) is 97.1 Å². The normalized spacial score (nSPS) is 17.8. The molecule has 0 spiro atoms. The lowest BCUT2D eigenvalue weighted by atomic mass is 10.0. The number of carbonyl (C=O) groups is 1. The van der Waals surface area contributed by atoms with E-state index in [1.165, 1.54) is 19.6 Å². The van der Waals surface area contributed by atoms with Gasteiger partial charge in [-0.05, 0) is 69.3 Å². The second kappa shape index (κ2) is 29.2. The first kappa shape index (κ1) is 52.0. The molecular weight excluding hydrogens is 784 g/mol. The van der Waals surface area contributed by atoms with Gasteiger partial charge in [0, 0.05) is 11.1 Å². The number of hydrogen-bond donors (Lipinski definition) is 4. The molecule has 0 heterocycles. The Morgan fingerprint density at radius 1 is 0.690 bits per heavy atom. The highest BCUT2D eigenvalue weighted by atomic mass is 35.5. The molecule has 12 heteroatoms. The Bertz CT molecular complexity index is 1610. The molecule has 0 unspecified atom stereocenters. The number of nitrogens with one attached hydrogen (secondary N) is 2. The molecule has 2 fully saturated rings. The van der Waals surface area contributed by atoms with Crippen LogP contribution in [0.3, 0.4) is 0 Å². The van der Waals surface area contributed by atoms with E-state index >= 15 is 0 Å². The van der Waals surface area contributed by atoms with Crippen molar-refractivity contribution in [3.63, 3.8) is 0 Å². The van der Waals surface area contributed by atoms with Crippen molar-refractivity contribution in [2.24, 2.45) is 4.99 Å². The van der Waals surface area contributed by atoms with Crippen molar-refractivity contribution in [3.8, 4) is 0 Å². The van der Waals surface area contributed by atoms with E-state index < -0.39 is 24.2 Å². The Morgan fingerprint density at radius 3 is 1.34 bits per heavy atom. The van der Waals surface area contributed by atoms with E-state index in [9.17, 15) is 23.1 Å². The van der Waals surface area contributed by atoms with Gasteiger partial charge in [0.25, 0.3) is 0 Å². The molecule has 1 amide bonds. The fraction of sp³-hybridized carbons (Fsp3) is 0.413. The van der Waals surface area contributed by atoms with Crippen molar-refractivity contribution in [2.75, 3.05) is 25.0 Å². The Morgan fingerprint density at radius 2 is 1.05 bits per heavy atom. The Hall–Kier alpha value is -4.06. The van der Waals surface area contributed by atoms with Crippen LogP contribution in [0.25, 0.3) is 0 Å². The number of aliphatic imine (C=N–C) groups is 1. The number of rotatable bonds is 9. The lowest BCUT2D eigenvalue weighted by Crippen LogP contribution is -2.46. The largest absolute Gasteiger partial charge is 0.471 e. The van der Waals surface area contributed by atoms with Crippen molar-refractivity contribution in [1.82, 2.24) is 10.2 Å². The molecule has 4 N–H and O–H groups in total. The van der Waals surface area contributed by atoms with E-state index in [0.29, 0.717) is 25.0 Å². The van der Waals surface area contributed by atoms with Gasteiger partial charge in [-0.1, -0.05) is 150 Å². The van der Waals surface area contributed by atoms with Crippen molar-refractivity contribution in [3.05, 3.63) is 144 Å². The molecule has 7 nitrogen and oxygen atoms in total. The summed E-state index contributed by atoms with van der Waals surface area (Å²) in [4.78, 5) is 17.7. The minimum Gasteiger partial charge on any atom is -0.391 e. The summed E-state index contributed by atoms with van der Waals surface area (Å²) < 4.78 is 35.2. The van der Waals surface area contributed by atoms with Crippen LogP contribution >= 0.6 is 23.2 Å². The molecule has 318 valence electrons. The van der Waals surface area contributed by atoms with Crippen molar-refractivity contribution < 1.29 is 28.2 Å². The highest BCUT2D eigenvalue weighted by Gasteiger charge is 2.41. The second-order valence-corrected chi connectivity index (χ2v) is 14.0. The van der Waals surface area contributed by atoms with Crippen LogP contribution in [0.2, 0.25) is 0 Å². The van der Waals surface area contributed by atoms with Crippen molar-refractivity contribution in [1.29, 1.82) is 5.41 Å². The Kier molecular flexibility index (Phi) is 26.2. The summed E-state index contributed by atoms with van der Waals surface area (Å²) in [7, 11) is 0. The standard InChI is InChI=1S/C18H19NO.C13H11N.C7H10F3NO2.C6H15N.CH2Cl2.CH4/c20-17-13-7-12-16(17)19-18(14-8-3-1-4-9-14)15-10-5-2-6-11-15;14-13(11-7-3-1-4-8-11)12-9-5-2-6-10-12;8-7(9,10)6(13)11-4-2-1-3-5(4)12;1-4-7(5-2)6-3;2-1-3;/h1-6,8-11,16-17,20H,7,12-13H2;1-10,14H;4-5,12H,1-3H2,(H,11,13);4-6H2,1-3H3;1H2;1H4/t16-,17-;;4-,5-;;;/m1.1.../s1. The minimum atomic E-state index is -4.86. The molecule has 58 heavy (non-hydrogen) atoms. The van der Waals surface area contributed by atoms with Crippen LogP contribution in [0, 0.1) is 5.41 Å². The van der Waals surface area contributed by atoms with Gasteiger partial charge in [-0.3, -0.25) is 15.2 Å². The van der Waals surface area contributed by atoms with Gasteiger partial charge in [0.15, 0.2) is 0 Å². The summed E-state index contributed by atoms with van der Waals surface area (Å²) in [6.07, 6.45) is -1.59. The number of aliphatic hydroxyl groups is 2. The van der Waals surface area contributed by atoms with Crippen LogP contribution in [0.1, 0.15) is 89.0 Å². The van der Waals surface area contributed by atoms with Crippen molar-refractivity contribution in [2.45, 2.75) is 97.2 Å². The molecule has 0 bridgehead atoms. The highest BCUT2D eigenvalue weighted by molar-refractivity contribution is 6.40. The molecule has 0 aliphatic heterocycles. The first-order valence-electron chi connectivity index (χ1n) is 19.4. The van der Waals surface area contributed by atoms with E-state index in [-0.39, 0.29) is 24.9 Å². The molecule has 4 atom stereocenters. The number of nitrogens with zero attached hydrogens (tertiary/aromatic N) is 2. The van der Waals surface area contributed by atoms with Gasteiger partial charge in [0.1, 0.15) is 0 Å². The third-order valence-electron chi connectivity index (χ3n) is 9.35. The van der Waals surface area contributed by atoms with Gasteiger partial charge in [0.05, 0.1) is 41.1 Å². The number of benzene rings is 4. The van der Waals surface area contributed by atoms with E-state index in [2.05, 4.69) is 49.9 Å². The maximum atomic E-state index is 11.7. The van der Waals surface area contributed by atoms with E-state index in [4.69, 9.17) is 38.7 Å². The molecule has 0 radical (unpaired) electrons. The zero-order valence-corrected chi connectivity index (χ0v) is 34.5. The van der Waals surface area contributed by atoms with Crippen LogP contribution in [-0.2, 0) is 4.79 Å². The first-order chi connectivity index (χ1) is 27.4. The molecular formula is C46H61Cl2F3N4O3. The number of halogens is 5. The molecule has 6 rings (SSSR count). The fourth-order valence-electron chi connectivity index (χ4n) is 6.15. The lowest BCUT2D eigenvalue weighted by Gasteiger charge is -2.17. The third-order valence-corrected chi connectivity index (χ3v) is 9.35. The van der Waals surface area contributed by atoms with E-state index in [1.54, 1.807) is 5.32 Å². The summed E-state index contributed by atoms with van der Waals surface area (Å²) in [6.45, 7) is 10.1. The molecule has 0 aromatic heterocycles. The van der Waals surface area contributed by atoms with Crippen LogP contribution in [0.5, 0.6) is 0 Å². The Labute approximate surface area is 353 Å². The number of carbonyl (C=O) groups excluding carboxylic acids is 1. The van der Waals surface area contributed by atoms with E-state index in [0.717, 1.165) is 47.2 Å². The maximum Gasteiger partial charge on any atom is 0.471 e. The van der Waals surface area contributed by atoms with Gasteiger partial charge < -0.3 is 20.4 Å². The molecule has 2 aliphatic carbocycles. The lowest BCUT2D eigenvalue weighted by molar-refractivity contribution is -0.174. The third kappa shape index (κ3) is 19.1. The van der Waals surface area contributed by atoms with Crippen LogP contribution in [0.4, 0.5) is 13.2 Å². The molecule has 0 saturated heterocycles. The summed E-state index contributed by atoms with van der Waals surface area (Å²) in [5.74, 6) is -1.97. The van der Waals surface area contributed by atoms with Gasteiger partial charge in [-0.2, -0.15) is 13.2 Å². The number of aliphatic hydroxyl groups excluding tert-OH is 2. The zero-order chi connectivity index (χ0) is 42.1. The predicted molar refractivity (Wildman–Crippen MR) is 236 cm³/mol. The first-order valence-corrected chi connectivity index (χ1v) is 20.4. The smallest absolute Gasteiger partial charge is 0.391 e. The zero-order valence-electron chi connectivity index (χ0n) is 33.0. The summed E-state index contributed by atoms with van der Waals surface area (Å²) in [5.41, 5.74) is 5.69. The number of alkyl halides is 5. The SMILES string of the molecule is C.CCN(CC)CC.ClCCl.N=C(c1ccccc1)c1ccccc1.O=C(N[C@@H]1CCC[C@H]1O)C(F)(F)F.O[C@@H]1CCC[C@H]1N=C(c1ccccc1)c1ccccc1. The number of amides is 1. The van der Waals surface area contributed by atoms with Gasteiger partial charge in [-0.25, -0.2) is 0 Å². The highest BCUT2D eigenvalue weighted by Crippen LogP contribution is 2.24. The summed E-state index contributed by atoms with van der Waals surface area (Å²) in [5, 5.41) is 29.1. The monoisotopic (exact) mass is 844 g/mol. The molecule has 2 saturated carbocycles. The Balaban J connectivity index is 0.000000395. The summed E-state index contributed by atoms with van der Waals surface area (Å²) in [6, 6.07) is 39.3. The van der Waals surface area contributed by atoms with Gasteiger partial charge in [0.2, 0.25) is 0 Å². The minimum absolute atomic E-state index is 0. The number of hydrogen-bond acceptors (Lipinski definition) is 6. The topological polar surface area (TPSA) is 109 Å². The van der Waals surface area contributed by atoms with Gasteiger partial charge >= 0.3 is 12.1 Å². The molecule has 4 aromatic carbocycles. The van der Waals surface area contributed by atoms with Gasteiger partial charge in [-0.15, -0.1) is 23.2 Å². The molecule has 4 aromatic rings.